The van der Waals surface area contributed by atoms with Gasteiger partial charge < -0.3 is 5.32 Å². The highest BCUT2D eigenvalue weighted by Crippen LogP contribution is 2.31. The van der Waals surface area contributed by atoms with E-state index < -0.39 is 0 Å². The molecule has 0 aromatic heterocycles. The average molecular weight is 283 g/mol. The zero-order valence-corrected chi connectivity index (χ0v) is 13.0. The molecule has 110 valence electrons. The quantitative estimate of drug-likeness (QED) is 0.859. The van der Waals surface area contributed by atoms with Crippen LogP contribution in [0.25, 0.3) is 11.1 Å². The summed E-state index contributed by atoms with van der Waals surface area (Å²) >= 11 is 0. The lowest BCUT2D eigenvalue weighted by Crippen LogP contribution is -2.15. The number of halogens is 1. The summed E-state index contributed by atoms with van der Waals surface area (Å²) in [7, 11) is 0. The third-order valence-corrected chi connectivity index (χ3v) is 4.24. The second-order valence-corrected chi connectivity index (χ2v) is 6.22. The van der Waals surface area contributed by atoms with Crippen molar-refractivity contribution in [3.05, 3.63) is 58.4 Å². The lowest BCUT2D eigenvalue weighted by atomic mass is 9.91. The summed E-state index contributed by atoms with van der Waals surface area (Å²) in [5, 5.41) is 3.55. The van der Waals surface area contributed by atoms with Crippen molar-refractivity contribution < 1.29 is 4.39 Å². The van der Waals surface area contributed by atoms with E-state index >= 15 is 0 Å². The van der Waals surface area contributed by atoms with Crippen molar-refractivity contribution in [2.75, 3.05) is 0 Å². The van der Waals surface area contributed by atoms with Crippen molar-refractivity contribution in [3.63, 3.8) is 0 Å². The summed E-state index contributed by atoms with van der Waals surface area (Å²) in [4.78, 5) is 0. The third kappa shape index (κ3) is 3.16. The Labute approximate surface area is 126 Å². The zero-order valence-electron chi connectivity index (χ0n) is 13.0. The molecule has 2 aromatic rings. The van der Waals surface area contributed by atoms with Crippen LogP contribution in [0.4, 0.5) is 4.39 Å². The Hall–Kier alpha value is -1.67. The van der Waals surface area contributed by atoms with Crippen LogP contribution >= 0.6 is 0 Å². The number of benzene rings is 2. The highest BCUT2D eigenvalue weighted by molar-refractivity contribution is 5.74. The maximum Gasteiger partial charge on any atom is 0.123 e. The van der Waals surface area contributed by atoms with Gasteiger partial charge in [-0.15, -0.1) is 0 Å². The molecule has 3 rings (SSSR count). The van der Waals surface area contributed by atoms with Gasteiger partial charge in [-0.25, -0.2) is 4.39 Å². The summed E-state index contributed by atoms with van der Waals surface area (Å²) in [5.74, 6) is -0.155. The van der Waals surface area contributed by atoms with Gasteiger partial charge in [-0.05, 0) is 85.2 Å². The van der Waals surface area contributed by atoms with Crippen LogP contribution in [0.15, 0.2) is 30.3 Å². The molecule has 0 bridgehead atoms. The second kappa shape index (κ2) is 5.61. The van der Waals surface area contributed by atoms with Crippen molar-refractivity contribution in [1.29, 1.82) is 0 Å². The van der Waals surface area contributed by atoms with Gasteiger partial charge in [0.15, 0.2) is 0 Å². The Morgan fingerprint density at radius 1 is 1.00 bits per heavy atom. The molecule has 21 heavy (non-hydrogen) atoms. The number of nitrogens with one attached hydrogen (secondary N) is 1. The third-order valence-electron chi connectivity index (χ3n) is 4.24. The molecular formula is C19H22FN. The topological polar surface area (TPSA) is 12.0 Å². The molecule has 1 saturated carbocycles. The fourth-order valence-corrected chi connectivity index (χ4v) is 2.93. The molecule has 0 unspecified atom stereocenters. The van der Waals surface area contributed by atoms with Crippen LogP contribution < -0.4 is 5.32 Å². The predicted octanol–water partition coefficient (Wildman–Crippen LogP) is 4.67. The minimum Gasteiger partial charge on any atom is -0.310 e. The lowest BCUT2D eigenvalue weighted by Gasteiger charge is -2.15. The fourth-order valence-electron chi connectivity index (χ4n) is 2.93. The Kier molecular flexibility index (Phi) is 3.81. The smallest absolute Gasteiger partial charge is 0.123 e. The van der Waals surface area contributed by atoms with Crippen LogP contribution in [-0.4, -0.2) is 6.04 Å². The largest absolute Gasteiger partial charge is 0.310 e. The minimum absolute atomic E-state index is 0.155. The first kappa shape index (κ1) is 14.3. The van der Waals surface area contributed by atoms with Gasteiger partial charge in [-0.2, -0.15) is 0 Å². The molecule has 0 atom stereocenters. The summed E-state index contributed by atoms with van der Waals surface area (Å²) in [6, 6.07) is 10.6. The molecular weight excluding hydrogens is 261 g/mol. The summed E-state index contributed by atoms with van der Waals surface area (Å²) in [6.07, 6.45) is 2.60. The number of hydrogen-bond donors (Lipinski definition) is 1. The van der Waals surface area contributed by atoms with Crippen molar-refractivity contribution in [1.82, 2.24) is 5.32 Å². The molecule has 0 saturated heterocycles. The van der Waals surface area contributed by atoms with E-state index in [9.17, 15) is 4.39 Å². The van der Waals surface area contributed by atoms with E-state index in [1.54, 1.807) is 12.1 Å². The van der Waals surface area contributed by atoms with Crippen molar-refractivity contribution in [2.24, 2.45) is 0 Å². The molecule has 1 aliphatic carbocycles. The predicted molar refractivity (Wildman–Crippen MR) is 85.9 cm³/mol. The van der Waals surface area contributed by atoms with Gasteiger partial charge in [0.1, 0.15) is 5.82 Å². The van der Waals surface area contributed by atoms with Gasteiger partial charge >= 0.3 is 0 Å². The standard InChI is InChI=1S/C19H22FN/c1-12-4-5-15(11-21-17-6-7-17)10-18(12)19-13(2)8-16(20)9-14(19)3/h4-5,8-10,17,21H,6-7,11H2,1-3H3. The minimum atomic E-state index is -0.155. The van der Waals surface area contributed by atoms with Gasteiger partial charge in [-0.3, -0.25) is 0 Å². The number of hydrogen-bond acceptors (Lipinski definition) is 1. The highest BCUT2D eigenvalue weighted by atomic mass is 19.1. The first-order chi connectivity index (χ1) is 10.0. The zero-order chi connectivity index (χ0) is 15.0. The van der Waals surface area contributed by atoms with E-state index in [4.69, 9.17) is 0 Å². The van der Waals surface area contributed by atoms with E-state index in [2.05, 4.69) is 30.4 Å². The number of aryl methyl sites for hydroxylation is 3. The molecule has 0 heterocycles. The molecule has 1 aliphatic rings. The summed E-state index contributed by atoms with van der Waals surface area (Å²) < 4.78 is 13.5. The SMILES string of the molecule is Cc1ccc(CNC2CC2)cc1-c1c(C)cc(F)cc1C. The normalized spacial score (nSPS) is 14.5. The van der Waals surface area contributed by atoms with Crippen LogP contribution in [0.3, 0.4) is 0 Å². The van der Waals surface area contributed by atoms with Crippen molar-refractivity contribution in [2.45, 2.75) is 46.2 Å². The van der Waals surface area contributed by atoms with E-state index in [0.29, 0.717) is 6.04 Å². The van der Waals surface area contributed by atoms with Crippen LogP contribution in [0, 0.1) is 26.6 Å². The van der Waals surface area contributed by atoms with Gasteiger partial charge in [-0.1, -0.05) is 12.1 Å². The second-order valence-electron chi connectivity index (χ2n) is 6.22. The first-order valence-corrected chi connectivity index (χ1v) is 7.64. The van der Waals surface area contributed by atoms with E-state index in [0.717, 1.165) is 17.7 Å². The summed E-state index contributed by atoms with van der Waals surface area (Å²) in [5.41, 5.74) is 6.93. The lowest BCUT2D eigenvalue weighted by molar-refractivity contribution is 0.625. The average Bonchev–Trinajstić information content (AvgIpc) is 3.22. The van der Waals surface area contributed by atoms with Crippen LogP contribution in [0.2, 0.25) is 0 Å². The van der Waals surface area contributed by atoms with Gasteiger partial charge in [0.2, 0.25) is 0 Å². The monoisotopic (exact) mass is 283 g/mol. The molecule has 0 amide bonds. The fraction of sp³-hybridized carbons (Fsp3) is 0.368. The molecule has 1 fully saturated rings. The van der Waals surface area contributed by atoms with Gasteiger partial charge in [0, 0.05) is 12.6 Å². The molecule has 0 spiro atoms. The molecule has 2 heteroatoms. The van der Waals surface area contributed by atoms with E-state index in [1.807, 2.05) is 13.8 Å². The number of rotatable bonds is 4. The Morgan fingerprint density at radius 3 is 2.29 bits per heavy atom. The van der Waals surface area contributed by atoms with Gasteiger partial charge in [0.05, 0.1) is 0 Å². The molecule has 0 radical (unpaired) electrons. The van der Waals surface area contributed by atoms with Gasteiger partial charge in [0.25, 0.3) is 0 Å². The maximum absolute atomic E-state index is 13.5. The molecule has 0 aliphatic heterocycles. The van der Waals surface area contributed by atoms with Crippen molar-refractivity contribution in [3.8, 4) is 11.1 Å². The molecule has 1 N–H and O–H groups in total. The molecule has 1 nitrogen and oxygen atoms in total. The van der Waals surface area contributed by atoms with Crippen LogP contribution in [-0.2, 0) is 6.54 Å². The van der Waals surface area contributed by atoms with Crippen LogP contribution in [0.1, 0.15) is 35.1 Å². The maximum atomic E-state index is 13.5. The van der Waals surface area contributed by atoms with Crippen molar-refractivity contribution >= 4 is 0 Å². The van der Waals surface area contributed by atoms with E-state index in [-0.39, 0.29) is 5.82 Å². The first-order valence-electron chi connectivity index (χ1n) is 7.64. The Bertz CT molecular complexity index is 648. The Balaban J connectivity index is 1.98. The Morgan fingerprint density at radius 2 is 1.67 bits per heavy atom. The highest BCUT2D eigenvalue weighted by Gasteiger charge is 2.20. The molecule has 2 aromatic carbocycles. The van der Waals surface area contributed by atoms with E-state index in [1.165, 1.54) is 35.1 Å². The van der Waals surface area contributed by atoms with Crippen LogP contribution in [0.5, 0.6) is 0 Å². The summed E-state index contributed by atoms with van der Waals surface area (Å²) in [6.45, 7) is 7.01.